The predicted octanol–water partition coefficient (Wildman–Crippen LogP) is 1.04. The molecule has 1 unspecified atom stereocenters. The molecule has 11 heavy (non-hydrogen) atoms. The van der Waals surface area contributed by atoms with E-state index in [0.717, 1.165) is 6.54 Å². The van der Waals surface area contributed by atoms with Gasteiger partial charge in [0, 0.05) is 12.1 Å². The molecule has 0 amide bonds. The number of rotatable bonds is 0. The molecule has 2 aliphatic heterocycles. The van der Waals surface area contributed by atoms with Crippen LogP contribution in [0.4, 0.5) is 0 Å². The van der Waals surface area contributed by atoms with E-state index in [1.807, 2.05) is 0 Å². The lowest BCUT2D eigenvalue weighted by atomic mass is 9.93. The minimum Gasteiger partial charge on any atom is -0.311 e. The van der Waals surface area contributed by atoms with E-state index in [4.69, 9.17) is 0 Å². The molecule has 2 fully saturated rings. The minimum atomic E-state index is 0.372. The van der Waals surface area contributed by atoms with E-state index in [9.17, 15) is 0 Å². The van der Waals surface area contributed by atoms with Crippen LogP contribution in [0.1, 0.15) is 32.1 Å². The molecule has 1 spiro atoms. The van der Waals surface area contributed by atoms with Crippen LogP contribution in [0.15, 0.2) is 0 Å². The highest BCUT2D eigenvalue weighted by molar-refractivity contribution is 5.04. The third kappa shape index (κ3) is 1.57. The second kappa shape index (κ2) is 3.11. The van der Waals surface area contributed by atoms with Crippen LogP contribution in [0.5, 0.6) is 0 Å². The lowest BCUT2D eigenvalue weighted by Gasteiger charge is -2.27. The Morgan fingerprint density at radius 1 is 1.00 bits per heavy atom. The zero-order valence-corrected chi connectivity index (χ0v) is 7.03. The van der Waals surface area contributed by atoms with Gasteiger partial charge in [-0.05, 0) is 32.4 Å². The molecule has 0 aromatic heterocycles. The quantitative estimate of drug-likeness (QED) is 0.543. The topological polar surface area (TPSA) is 24.1 Å². The molecule has 1 radical (unpaired) electrons. The highest BCUT2D eigenvalue weighted by Crippen LogP contribution is 2.27. The van der Waals surface area contributed by atoms with Gasteiger partial charge < -0.3 is 10.6 Å². The van der Waals surface area contributed by atoms with Crippen LogP contribution < -0.4 is 10.6 Å². The molecule has 0 saturated carbocycles. The van der Waals surface area contributed by atoms with E-state index in [1.165, 1.54) is 38.6 Å². The molecule has 2 aliphatic rings. The summed E-state index contributed by atoms with van der Waals surface area (Å²) in [5, 5.41) is 6.96. The Morgan fingerprint density at radius 3 is 2.82 bits per heavy atom. The molecule has 1 atom stereocenters. The van der Waals surface area contributed by atoms with Gasteiger partial charge in [0.05, 0.1) is 0 Å². The maximum absolute atomic E-state index is 3.64. The van der Waals surface area contributed by atoms with Crippen molar-refractivity contribution in [2.75, 3.05) is 13.1 Å². The van der Waals surface area contributed by atoms with Gasteiger partial charge >= 0.3 is 0 Å². The normalized spacial score (nSPS) is 39.3. The Balaban J connectivity index is 1.97. The van der Waals surface area contributed by atoms with E-state index in [-0.39, 0.29) is 0 Å². The molecule has 2 heteroatoms. The predicted molar refractivity (Wildman–Crippen MR) is 46.1 cm³/mol. The number of hydrogen-bond acceptors (Lipinski definition) is 2. The number of hydrogen-bond donors (Lipinski definition) is 2. The van der Waals surface area contributed by atoms with Gasteiger partial charge in [-0.2, -0.15) is 0 Å². The van der Waals surface area contributed by atoms with Crippen molar-refractivity contribution in [3.05, 3.63) is 6.54 Å². The molecule has 2 N–H and O–H groups in total. The Hall–Kier alpha value is -0.0800. The summed E-state index contributed by atoms with van der Waals surface area (Å²) in [5.74, 6) is 0. The monoisotopic (exact) mass is 153 g/mol. The maximum Gasteiger partial charge on any atom is 0.0423 e. The summed E-state index contributed by atoms with van der Waals surface area (Å²) < 4.78 is 0. The SMILES string of the molecule is [CH]1NCCC12CCCCCN2. The maximum atomic E-state index is 3.64. The fourth-order valence-electron chi connectivity index (χ4n) is 2.14. The average molecular weight is 153 g/mol. The summed E-state index contributed by atoms with van der Waals surface area (Å²) in [7, 11) is 0. The standard InChI is InChI=1S/C9H17N2/c1-2-4-9(11-6-3-1)5-7-10-8-9/h8,10-11H,1-7H2. The summed E-state index contributed by atoms with van der Waals surface area (Å²) in [6, 6.07) is 0. The molecular weight excluding hydrogens is 136 g/mol. The highest BCUT2D eigenvalue weighted by atomic mass is 15.1. The summed E-state index contributed by atoms with van der Waals surface area (Å²) in [6.45, 7) is 4.64. The van der Waals surface area contributed by atoms with Crippen molar-refractivity contribution in [1.29, 1.82) is 0 Å². The van der Waals surface area contributed by atoms with Gasteiger partial charge in [-0.25, -0.2) is 0 Å². The average Bonchev–Trinajstić information content (AvgIpc) is 2.32. The molecule has 2 heterocycles. The van der Waals surface area contributed by atoms with Crippen molar-refractivity contribution in [1.82, 2.24) is 10.6 Å². The summed E-state index contributed by atoms with van der Waals surface area (Å²) in [5.41, 5.74) is 0.372. The van der Waals surface area contributed by atoms with Crippen LogP contribution in [0, 0.1) is 6.54 Å². The van der Waals surface area contributed by atoms with Gasteiger partial charge in [0.2, 0.25) is 0 Å². The first-order chi connectivity index (χ1) is 5.41. The van der Waals surface area contributed by atoms with E-state index >= 15 is 0 Å². The first-order valence-corrected chi connectivity index (χ1v) is 4.74. The zero-order chi connectivity index (χ0) is 7.57. The molecule has 0 aromatic carbocycles. The second-order valence-corrected chi connectivity index (χ2v) is 3.74. The van der Waals surface area contributed by atoms with Crippen LogP contribution in [-0.2, 0) is 0 Å². The second-order valence-electron chi connectivity index (χ2n) is 3.74. The largest absolute Gasteiger partial charge is 0.311 e. The van der Waals surface area contributed by atoms with Gasteiger partial charge in [0.15, 0.2) is 0 Å². The molecule has 0 aromatic rings. The first-order valence-electron chi connectivity index (χ1n) is 4.74. The molecule has 2 saturated heterocycles. The van der Waals surface area contributed by atoms with Gasteiger partial charge in [-0.3, -0.25) is 0 Å². The Kier molecular flexibility index (Phi) is 2.14. The highest BCUT2D eigenvalue weighted by Gasteiger charge is 2.33. The van der Waals surface area contributed by atoms with Crippen LogP contribution in [0.2, 0.25) is 0 Å². The van der Waals surface area contributed by atoms with Crippen LogP contribution in [0.3, 0.4) is 0 Å². The zero-order valence-electron chi connectivity index (χ0n) is 7.03. The molecule has 0 aliphatic carbocycles. The summed E-state index contributed by atoms with van der Waals surface area (Å²) in [4.78, 5) is 0. The smallest absolute Gasteiger partial charge is 0.0423 e. The first kappa shape index (κ1) is 7.56. The van der Waals surface area contributed by atoms with Crippen LogP contribution in [-0.4, -0.2) is 18.6 Å². The van der Waals surface area contributed by atoms with Gasteiger partial charge in [-0.1, -0.05) is 12.8 Å². The molecule has 2 nitrogen and oxygen atoms in total. The van der Waals surface area contributed by atoms with Crippen molar-refractivity contribution in [2.24, 2.45) is 0 Å². The summed E-state index contributed by atoms with van der Waals surface area (Å²) >= 11 is 0. The minimum absolute atomic E-state index is 0.372. The van der Waals surface area contributed by atoms with E-state index < -0.39 is 0 Å². The Bertz CT molecular complexity index is 118. The van der Waals surface area contributed by atoms with Gasteiger partial charge in [0.1, 0.15) is 0 Å². The van der Waals surface area contributed by atoms with Gasteiger partial charge in [-0.15, -0.1) is 0 Å². The Labute approximate surface area is 68.7 Å². The van der Waals surface area contributed by atoms with E-state index in [0.29, 0.717) is 5.54 Å². The third-order valence-corrected chi connectivity index (χ3v) is 2.87. The Morgan fingerprint density at radius 2 is 2.00 bits per heavy atom. The summed E-state index contributed by atoms with van der Waals surface area (Å²) in [6.07, 6.45) is 6.77. The fourth-order valence-corrected chi connectivity index (χ4v) is 2.14. The van der Waals surface area contributed by atoms with Crippen molar-refractivity contribution < 1.29 is 0 Å². The van der Waals surface area contributed by atoms with Gasteiger partial charge in [0.25, 0.3) is 0 Å². The van der Waals surface area contributed by atoms with E-state index in [2.05, 4.69) is 17.2 Å². The molecule has 2 rings (SSSR count). The van der Waals surface area contributed by atoms with Crippen molar-refractivity contribution >= 4 is 0 Å². The molecule has 0 bridgehead atoms. The van der Waals surface area contributed by atoms with Crippen molar-refractivity contribution in [3.8, 4) is 0 Å². The fraction of sp³-hybridized carbons (Fsp3) is 0.889. The lowest BCUT2D eigenvalue weighted by molar-refractivity contribution is 0.381. The third-order valence-electron chi connectivity index (χ3n) is 2.87. The van der Waals surface area contributed by atoms with Crippen LogP contribution >= 0.6 is 0 Å². The van der Waals surface area contributed by atoms with Crippen molar-refractivity contribution in [3.63, 3.8) is 0 Å². The van der Waals surface area contributed by atoms with Crippen molar-refractivity contribution in [2.45, 2.75) is 37.6 Å². The van der Waals surface area contributed by atoms with Crippen LogP contribution in [0.25, 0.3) is 0 Å². The number of nitrogens with one attached hydrogen (secondary N) is 2. The molecule has 63 valence electrons. The van der Waals surface area contributed by atoms with E-state index in [1.54, 1.807) is 0 Å². The molecular formula is C9H17N2. The lowest BCUT2D eigenvalue weighted by Crippen LogP contribution is -2.43.